The summed E-state index contributed by atoms with van der Waals surface area (Å²) in [6.07, 6.45) is 1.21. The third kappa shape index (κ3) is 5.75. The molecular weight excluding hydrogens is 510 g/mol. The number of nitrogens with two attached hydrogens (primary N) is 1. The Morgan fingerprint density at radius 1 is 1.15 bits per heavy atom. The lowest BCUT2D eigenvalue weighted by molar-refractivity contribution is -0.0468. The molecule has 0 aliphatic carbocycles. The minimum absolute atomic E-state index is 0.0823. The summed E-state index contributed by atoms with van der Waals surface area (Å²) in [5.74, 6) is 1.03. The van der Waals surface area contributed by atoms with Gasteiger partial charge in [0.25, 0.3) is 0 Å². The second kappa shape index (κ2) is 11.3. The molecular formula is C28H41N9O3. The smallest absolute Gasteiger partial charge is 0.201 e. The van der Waals surface area contributed by atoms with E-state index in [1.807, 2.05) is 0 Å². The van der Waals surface area contributed by atoms with Crippen LogP contribution in [0.5, 0.6) is 0 Å². The SMILES string of the molecule is CC(C)N(CCCCNc1nc2cc(C(C)(C)C)ccc2[nH]1)C[C@H]1O[C@@H](n2cnc3c(N)ncnc32)C(O)[C@@H]1O. The standard InChI is InChI=1S/C28H41N9O3/c1-16(2)36(11-7-6-10-30-27-34-18-9-8-17(28(3,4)5)12-19(18)35-27)13-20-22(38)23(39)26(40-20)37-15-33-21-24(29)31-14-32-25(21)37/h8-9,12,14-16,20,22-23,26,38-39H,6-7,10-11,13H2,1-5H3,(H2,29,31,32)(H2,30,34,35)/t20-,22-,23?,26-/m1/s1. The number of rotatable bonds is 10. The topological polar surface area (TPSA) is 163 Å². The highest BCUT2D eigenvalue weighted by atomic mass is 16.6. The number of benzene rings is 1. The van der Waals surface area contributed by atoms with Crippen molar-refractivity contribution in [2.24, 2.45) is 0 Å². The molecule has 0 amide bonds. The molecule has 216 valence electrons. The third-order valence-electron chi connectivity index (χ3n) is 7.66. The van der Waals surface area contributed by atoms with Gasteiger partial charge in [0, 0.05) is 19.1 Å². The van der Waals surface area contributed by atoms with E-state index in [1.165, 1.54) is 18.2 Å². The van der Waals surface area contributed by atoms with Gasteiger partial charge in [-0.2, -0.15) is 0 Å². The minimum Gasteiger partial charge on any atom is -0.387 e. The molecule has 12 nitrogen and oxygen atoms in total. The number of H-pyrrole nitrogens is 1. The third-order valence-corrected chi connectivity index (χ3v) is 7.66. The van der Waals surface area contributed by atoms with Gasteiger partial charge in [0.15, 0.2) is 17.7 Å². The van der Waals surface area contributed by atoms with Crippen LogP contribution >= 0.6 is 0 Å². The number of aliphatic hydroxyl groups excluding tert-OH is 2. The van der Waals surface area contributed by atoms with Gasteiger partial charge >= 0.3 is 0 Å². The molecule has 12 heteroatoms. The van der Waals surface area contributed by atoms with Crippen LogP contribution < -0.4 is 11.1 Å². The molecule has 6 N–H and O–H groups in total. The molecule has 5 rings (SSSR count). The number of fused-ring (bicyclic) bond motifs is 2. The van der Waals surface area contributed by atoms with Crippen molar-refractivity contribution in [2.75, 3.05) is 30.7 Å². The molecule has 3 aromatic heterocycles. The van der Waals surface area contributed by atoms with Crippen molar-refractivity contribution >= 4 is 34.0 Å². The van der Waals surface area contributed by atoms with Crippen LogP contribution in [0.2, 0.25) is 0 Å². The predicted octanol–water partition coefficient (Wildman–Crippen LogP) is 2.80. The van der Waals surface area contributed by atoms with Crippen LogP contribution in [0.25, 0.3) is 22.2 Å². The van der Waals surface area contributed by atoms with Crippen LogP contribution in [-0.4, -0.2) is 88.6 Å². The van der Waals surface area contributed by atoms with E-state index in [0.29, 0.717) is 17.7 Å². The summed E-state index contributed by atoms with van der Waals surface area (Å²) < 4.78 is 7.76. The Kier molecular flexibility index (Phi) is 7.96. The van der Waals surface area contributed by atoms with Gasteiger partial charge < -0.3 is 31.0 Å². The highest BCUT2D eigenvalue weighted by molar-refractivity contribution is 5.81. The van der Waals surface area contributed by atoms with Crippen molar-refractivity contribution in [2.45, 2.75) is 83.5 Å². The highest BCUT2D eigenvalue weighted by Crippen LogP contribution is 2.32. The number of aromatic amines is 1. The van der Waals surface area contributed by atoms with Crippen LogP contribution in [0.1, 0.15) is 59.3 Å². The monoisotopic (exact) mass is 551 g/mol. The lowest BCUT2D eigenvalue weighted by Gasteiger charge is -2.30. The molecule has 0 spiro atoms. The van der Waals surface area contributed by atoms with Crippen molar-refractivity contribution in [3.8, 4) is 0 Å². The first kappa shape index (κ1) is 28.2. The molecule has 1 aliphatic rings. The van der Waals surface area contributed by atoms with E-state index in [2.05, 4.69) is 83.0 Å². The van der Waals surface area contributed by atoms with Gasteiger partial charge in [0.05, 0.1) is 17.4 Å². The molecule has 0 bridgehead atoms. The average Bonchev–Trinajstić information content (AvgIpc) is 3.59. The minimum atomic E-state index is -1.12. The van der Waals surface area contributed by atoms with Crippen LogP contribution in [0, 0.1) is 0 Å². The lowest BCUT2D eigenvalue weighted by atomic mass is 9.87. The maximum atomic E-state index is 10.8. The molecule has 1 aliphatic heterocycles. The van der Waals surface area contributed by atoms with Gasteiger partial charge in [-0.3, -0.25) is 9.47 Å². The first-order valence-corrected chi connectivity index (χ1v) is 14.0. The summed E-state index contributed by atoms with van der Waals surface area (Å²) >= 11 is 0. The van der Waals surface area contributed by atoms with Crippen LogP contribution in [0.15, 0.2) is 30.9 Å². The van der Waals surface area contributed by atoms with E-state index in [-0.39, 0.29) is 17.3 Å². The lowest BCUT2D eigenvalue weighted by Crippen LogP contribution is -2.43. The summed E-state index contributed by atoms with van der Waals surface area (Å²) in [7, 11) is 0. The second-order valence-corrected chi connectivity index (χ2v) is 11.9. The summed E-state index contributed by atoms with van der Waals surface area (Å²) in [5, 5.41) is 25.0. The molecule has 1 saturated heterocycles. The molecule has 4 aromatic rings. The molecule has 1 unspecified atom stereocenters. The van der Waals surface area contributed by atoms with Gasteiger partial charge in [0.2, 0.25) is 5.95 Å². The summed E-state index contributed by atoms with van der Waals surface area (Å²) in [6, 6.07) is 6.64. The fourth-order valence-electron chi connectivity index (χ4n) is 5.16. The fourth-order valence-corrected chi connectivity index (χ4v) is 5.16. The van der Waals surface area contributed by atoms with E-state index in [4.69, 9.17) is 15.5 Å². The summed E-state index contributed by atoms with van der Waals surface area (Å²) in [5.41, 5.74) is 10.1. The molecule has 0 saturated carbocycles. The maximum absolute atomic E-state index is 10.8. The molecule has 4 atom stereocenters. The number of ether oxygens (including phenoxy) is 1. The Balaban J connectivity index is 1.14. The van der Waals surface area contributed by atoms with Gasteiger partial charge in [-0.1, -0.05) is 26.8 Å². The number of hydrogen-bond acceptors (Lipinski definition) is 10. The number of unbranched alkanes of at least 4 members (excludes halogenated alkanes) is 1. The number of nitrogen functional groups attached to an aromatic ring is 1. The maximum Gasteiger partial charge on any atom is 0.201 e. The Morgan fingerprint density at radius 3 is 2.70 bits per heavy atom. The molecule has 0 radical (unpaired) electrons. The highest BCUT2D eigenvalue weighted by Gasteiger charge is 2.45. The van der Waals surface area contributed by atoms with Crippen molar-refractivity contribution in [3.05, 3.63) is 36.4 Å². The van der Waals surface area contributed by atoms with Crippen molar-refractivity contribution < 1.29 is 14.9 Å². The largest absolute Gasteiger partial charge is 0.387 e. The van der Waals surface area contributed by atoms with E-state index < -0.39 is 24.5 Å². The van der Waals surface area contributed by atoms with E-state index in [9.17, 15) is 10.2 Å². The number of aliphatic hydroxyl groups is 2. The van der Waals surface area contributed by atoms with Crippen molar-refractivity contribution in [3.63, 3.8) is 0 Å². The van der Waals surface area contributed by atoms with E-state index >= 15 is 0 Å². The zero-order valence-corrected chi connectivity index (χ0v) is 23.9. The second-order valence-electron chi connectivity index (χ2n) is 11.9. The quantitative estimate of drug-likeness (QED) is 0.185. The normalized spacial score (nSPS) is 21.8. The predicted molar refractivity (Wildman–Crippen MR) is 155 cm³/mol. The van der Waals surface area contributed by atoms with E-state index in [1.54, 1.807) is 4.57 Å². The van der Waals surface area contributed by atoms with Gasteiger partial charge in [-0.05, 0) is 56.3 Å². The number of anilines is 2. The molecule has 1 fully saturated rings. The summed E-state index contributed by atoms with van der Waals surface area (Å²) in [6.45, 7) is 13.0. The van der Waals surface area contributed by atoms with Crippen LogP contribution in [0.4, 0.5) is 11.8 Å². The molecule has 4 heterocycles. The summed E-state index contributed by atoms with van der Waals surface area (Å²) in [4.78, 5) is 22.8. The van der Waals surface area contributed by atoms with Crippen LogP contribution in [0.3, 0.4) is 0 Å². The van der Waals surface area contributed by atoms with Gasteiger partial charge in [-0.25, -0.2) is 19.9 Å². The van der Waals surface area contributed by atoms with Crippen LogP contribution in [-0.2, 0) is 10.2 Å². The van der Waals surface area contributed by atoms with Gasteiger partial charge in [-0.15, -0.1) is 0 Å². The first-order valence-electron chi connectivity index (χ1n) is 14.0. The number of hydrogen-bond donors (Lipinski definition) is 5. The average molecular weight is 552 g/mol. The Hall–Kier alpha value is -3.32. The molecule has 1 aromatic carbocycles. The first-order chi connectivity index (χ1) is 19.0. The number of nitrogens with zero attached hydrogens (tertiary/aromatic N) is 6. The van der Waals surface area contributed by atoms with Crippen molar-refractivity contribution in [1.29, 1.82) is 0 Å². The zero-order valence-electron chi connectivity index (χ0n) is 23.9. The Bertz CT molecular complexity index is 1440. The van der Waals surface area contributed by atoms with E-state index in [0.717, 1.165) is 42.9 Å². The fraction of sp³-hybridized carbons (Fsp3) is 0.571. The number of aromatic nitrogens is 6. The molecule has 40 heavy (non-hydrogen) atoms. The van der Waals surface area contributed by atoms with Gasteiger partial charge in [0.1, 0.15) is 30.2 Å². The Morgan fingerprint density at radius 2 is 1.95 bits per heavy atom. The Labute approximate surface area is 234 Å². The van der Waals surface area contributed by atoms with Crippen molar-refractivity contribution in [1.82, 2.24) is 34.4 Å². The number of nitrogens with one attached hydrogen (secondary N) is 2. The zero-order chi connectivity index (χ0) is 28.6. The number of imidazole rings is 2.